The Balaban J connectivity index is 2.25. The zero-order valence-electron chi connectivity index (χ0n) is 13.3. The summed E-state index contributed by atoms with van der Waals surface area (Å²) in [6.45, 7) is 4.24. The Labute approximate surface area is 148 Å². The van der Waals surface area contributed by atoms with Crippen molar-refractivity contribution in [1.29, 1.82) is 0 Å². The third-order valence-electron chi connectivity index (χ3n) is 3.01. The number of ether oxygens (including phenoxy) is 2. The van der Waals surface area contributed by atoms with Gasteiger partial charge in [0.1, 0.15) is 5.75 Å². The number of rotatable bonds is 6. The highest BCUT2D eigenvalue weighted by molar-refractivity contribution is 9.10. The van der Waals surface area contributed by atoms with E-state index in [0.717, 1.165) is 0 Å². The van der Waals surface area contributed by atoms with E-state index in [-0.39, 0.29) is 12.5 Å². The quantitative estimate of drug-likeness (QED) is 0.758. The summed E-state index contributed by atoms with van der Waals surface area (Å²) < 4.78 is 11.2. The van der Waals surface area contributed by atoms with Crippen molar-refractivity contribution in [2.45, 2.75) is 13.8 Å². The fraction of sp³-hybridized carbons (Fsp3) is 0.235. The van der Waals surface area contributed by atoms with Gasteiger partial charge in [0.15, 0.2) is 0 Å². The Morgan fingerprint density at radius 3 is 2.58 bits per heavy atom. The minimum absolute atomic E-state index is 0.289. The molecule has 1 N–H and O–H groups in total. The minimum Gasteiger partial charge on any atom is -0.492 e. The van der Waals surface area contributed by atoms with Gasteiger partial charge in [0.25, 0.3) is 5.91 Å². The molecule has 0 aliphatic heterocycles. The van der Waals surface area contributed by atoms with Crippen molar-refractivity contribution in [2.75, 3.05) is 18.5 Å². The molecule has 1 aromatic carbocycles. The summed E-state index contributed by atoms with van der Waals surface area (Å²) in [5.41, 5.74) is 1.23. The molecule has 1 heterocycles. The van der Waals surface area contributed by atoms with Crippen molar-refractivity contribution >= 4 is 33.5 Å². The highest BCUT2D eigenvalue weighted by Gasteiger charge is 2.14. The number of halogens is 1. The summed E-state index contributed by atoms with van der Waals surface area (Å²) in [6.07, 6.45) is 3.06. The molecular weight excluding hydrogens is 376 g/mol. The minimum atomic E-state index is -0.437. The zero-order chi connectivity index (χ0) is 17.5. The van der Waals surface area contributed by atoms with Crippen molar-refractivity contribution in [3.8, 4) is 5.75 Å². The van der Waals surface area contributed by atoms with E-state index in [9.17, 15) is 9.59 Å². The molecule has 0 aliphatic carbocycles. The number of carbonyl (C=O) groups excluding carboxylic acids is 2. The number of nitrogens with zero attached hydrogens (tertiary/aromatic N) is 1. The predicted octanol–water partition coefficient (Wildman–Crippen LogP) is 3.67. The lowest BCUT2D eigenvalue weighted by atomic mass is 10.1. The Morgan fingerprint density at radius 2 is 1.92 bits per heavy atom. The number of anilines is 1. The molecule has 0 atom stereocenters. The Kier molecular flexibility index (Phi) is 6.31. The van der Waals surface area contributed by atoms with Crippen LogP contribution < -0.4 is 10.1 Å². The van der Waals surface area contributed by atoms with Gasteiger partial charge in [-0.05, 0) is 54.0 Å². The van der Waals surface area contributed by atoms with Crippen molar-refractivity contribution < 1.29 is 19.1 Å². The van der Waals surface area contributed by atoms with E-state index >= 15 is 0 Å². The Hall–Kier alpha value is -2.41. The van der Waals surface area contributed by atoms with Crippen LogP contribution in [0.3, 0.4) is 0 Å². The topological polar surface area (TPSA) is 77.5 Å². The lowest BCUT2D eigenvalue weighted by Crippen LogP contribution is -2.14. The van der Waals surface area contributed by atoms with Crippen molar-refractivity contribution in [3.63, 3.8) is 0 Å². The molecule has 0 saturated heterocycles. The van der Waals surface area contributed by atoms with Gasteiger partial charge in [-0.3, -0.25) is 9.78 Å². The first-order valence-electron chi connectivity index (χ1n) is 7.41. The normalized spacial score (nSPS) is 10.1. The van der Waals surface area contributed by atoms with Crippen LogP contribution in [0.2, 0.25) is 0 Å². The first-order valence-corrected chi connectivity index (χ1v) is 8.20. The van der Waals surface area contributed by atoms with Gasteiger partial charge in [-0.1, -0.05) is 0 Å². The van der Waals surface area contributed by atoms with Crippen molar-refractivity contribution in [3.05, 3.63) is 52.3 Å². The number of amides is 1. The molecular formula is C17H17BrN2O4. The maximum Gasteiger partial charge on any atom is 0.338 e. The lowest BCUT2D eigenvalue weighted by molar-refractivity contribution is 0.0526. The fourth-order valence-corrected chi connectivity index (χ4v) is 2.34. The Morgan fingerprint density at radius 1 is 1.12 bits per heavy atom. The highest BCUT2D eigenvalue weighted by atomic mass is 79.9. The van der Waals surface area contributed by atoms with Crippen LogP contribution >= 0.6 is 15.9 Å². The van der Waals surface area contributed by atoms with Gasteiger partial charge in [-0.2, -0.15) is 0 Å². The molecule has 0 radical (unpaired) electrons. The smallest absolute Gasteiger partial charge is 0.338 e. The fourth-order valence-electron chi connectivity index (χ4n) is 1.97. The van der Waals surface area contributed by atoms with Crippen molar-refractivity contribution in [1.82, 2.24) is 4.98 Å². The van der Waals surface area contributed by atoms with Crippen LogP contribution in [0.5, 0.6) is 5.75 Å². The number of hydrogen-bond acceptors (Lipinski definition) is 5. The van der Waals surface area contributed by atoms with Gasteiger partial charge >= 0.3 is 5.97 Å². The molecule has 2 rings (SSSR count). The molecule has 0 unspecified atom stereocenters. The van der Waals surface area contributed by atoms with Crippen LogP contribution in [0.4, 0.5) is 5.69 Å². The third kappa shape index (κ3) is 4.55. The number of esters is 1. The number of nitrogens with one attached hydrogen (secondary N) is 1. The van der Waals surface area contributed by atoms with Gasteiger partial charge < -0.3 is 14.8 Å². The zero-order valence-corrected chi connectivity index (χ0v) is 14.9. The molecule has 7 heteroatoms. The summed E-state index contributed by atoms with van der Waals surface area (Å²) >= 11 is 3.28. The van der Waals surface area contributed by atoms with E-state index in [2.05, 4.69) is 26.2 Å². The number of pyridine rings is 1. The summed E-state index contributed by atoms with van der Waals surface area (Å²) in [4.78, 5) is 28.1. The lowest BCUT2D eigenvalue weighted by Gasteiger charge is -2.13. The van der Waals surface area contributed by atoms with Gasteiger partial charge in [0.05, 0.1) is 30.0 Å². The second kappa shape index (κ2) is 8.44. The molecule has 0 fully saturated rings. The molecule has 24 heavy (non-hydrogen) atoms. The van der Waals surface area contributed by atoms with E-state index in [1.807, 2.05) is 6.92 Å². The van der Waals surface area contributed by atoms with Crippen LogP contribution in [0.1, 0.15) is 34.6 Å². The van der Waals surface area contributed by atoms with Crippen LogP contribution in [-0.4, -0.2) is 30.1 Å². The molecule has 0 aliphatic rings. The predicted molar refractivity (Wildman–Crippen MR) is 93.5 cm³/mol. The maximum atomic E-state index is 12.3. The first kappa shape index (κ1) is 17.9. The highest BCUT2D eigenvalue weighted by Crippen LogP contribution is 2.27. The van der Waals surface area contributed by atoms with Gasteiger partial charge in [-0.15, -0.1) is 0 Å². The number of benzene rings is 1. The van der Waals surface area contributed by atoms with E-state index in [1.165, 1.54) is 6.20 Å². The molecule has 0 spiro atoms. The van der Waals surface area contributed by atoms with Crippen LogP contribution in [0, 0.1) is 0 Å². The van der Waals surface area contributed by atoms with Crippen LogP contribution in [-0.2, 0) is 4.74 Å². The van der Waals surface area contributed by atoms with Gasteiger partial charge in [-0.25, -0.2) is 4.79 Å². The molecule has 1 aromatic heterocycles. The maximum absolute atomic E-state index is 12.3. The van der Waals surface area contributed by atoms with E-state index in [0.29, 0.717) is 33.6 Å². The average Bonchev–Trinajstić information content (AvgIpc) is 2.56. The second-order valence-corrected chi connectivity index (χ2v) is 5.63. The summed E-state index contributed by atoms with van der Waals surface area (Å²) in [5, 5.41) is 2.76. The summed E-state index contributed by atoms with van der Waals surface area (Å²) in [6, 6.07) is 6.40. The average molecular weight is 393 g/mol. The SMILES string of the molecule is CCOC(=O)c1ccc(NC(=O)c2cncc(Br)c2)c(OCC)c1. The van der Waals surface area contributed by atoms with Gasteiger partial charge in [0.2, 0.25) is 0 Å². The molecule has 0 saturated carbocycles. The largest absolute Gasteiger partial charge is 0.492 e. The van der Waals surface area contributed by atoms with E-state index < -0.39 is 5.97 Å². The summed E-state index contributed by atoms with van der Waals surface area (Å²) in [7, 11) is 0. The first-order chi connectivity index (χ1) is 11.5. The van der Waals surface area contributed by atoms with Gasteiger partial charge in [0, 0.05) is 16.9 Å². The molecule has 0 bridgehead atoms. The Bertz CT molecular complexity index is 749. The number of aromatic nitrogens is 1. The van der Waals surface area contributed by atoms with E-state index in [4.69, 9.17) is 9.47 Å². The van der Waals surface area contributed by atoms with Crippen LogP contribution in [0.25, 0.3) is 0 Å². The monoisotopic (exact) mass is 392 g/mol. The van der Waals surface area contributed by atoms with Crippen molar-refractivity contribution in [2.24, 2.45) is 0 Å². The van der Waals surface area contributed by atoms with E-state index in [1.54, 1.807) is 37.4 Å². The molecule has 126 valence electrons. The van der Waals surface area contributed by atoms with Crippen LogP contribution in [0.15, 0.2) is 41.1 Å². The molecule has 1 amide bonds. The second-order valence-electron chi connectivity index (χ2n) is 4.71. The third-order valence-corrected chi connectivity index (χ3v) is 3.44. The summed E-state index contributed by atoms with van der Waals surface area (Å²) in [5.74, 6) is -0.361. The number of carbonyl (C=O) groups is 2. The number of hydrogen-bond donors (Lipinski definition) is 1. The molecule has 2 aromatic rings. The standard InChI is InChI=1S/C17H17BrN2O4/c1-3-23-15-8-11(17(22)24-4-2)5-6-14(15)20-16(21)12-7-13(18)10-19-9-12/h5-10H,3-4H2,1-2H3,(H,20,21). The molecule has 6 nitrogen and oxygen atoms in total.